The van der Waals surface area contributed by atoms with Gasteiger partial charge < -0.3 is 29.2 Å². The molecule has 4 rings (SSSR count). The standard InChI is InChI=1S/C26H26N2O6/c1-17-26(30)28(14-15-33-19-8-5-4-6-9-19)20-13-12-18(16-23(20)34-17)27-25(29)24-21(31-2)10-7-11-22(24)32-3/h4-13,16-17H,14-15H2,1-3H3,(H,27,29). The van der Waals surface area contributed by atoms with Crippen molar-refractivity contribution in [1.82, 2.24) is 0 Å². The van der Waals surface area contributed by atoms with Gasteiger partial charge in [0.25, 0.3) is 11.8 Å². The number of fused-ring (bicyclic) bond motifs is 1. The van der Waals surface area contributed by atoms with Gasteiger partial charge in [-0.15, -0.1) is 0 Å². The van der Waals surface area contributed by atoms with E-state index in [1.54, 1.807) is 48.2 Å². The third kappa shape index (κ3) is 4.76. The van der Waals surface area contributed by atoms with Crippen LogP contribution in [0.25, 0.3) is 0 Å². The lowest BCUT2D eigenvalue weighted by atomic mass is 10.1. The van der Waals surface area contributed by atoms with Gasteiger partial charge in [0.2, 0.25) is 0 Å². The summed E-state index contributed by atoms with van der Waals surface area (Å²) in [5, 5.41) is 2.86. The van der Waals surface area contributed by atoms with Crippen LogP contribution in [0.1, 0.15) is 17.3 Å². The van der Waals surface area contributed by atoms with Crippen molar-refractivity contribution in [2.75, 3.05) is 37.6 Å². The van der Waals surface area contributed by atoms with E-state index >= 15 is 0 Å². The van der Waals surface area contributed by atoms with E-state index in [9.17, 15) is 9.59 Å². The number of carbonyl (C=O) groups is 2. The summed E-state index contributed by atoms with van der Waals surface area (Å²) in [6.45, 7) is 2.38. The van der Waals surface area contributed by atoms with Gasteiger partial charge in [-0.25, -0.2) is 0 Å². The topological polar surface area (TPSA) is 86.3 Å². The number of methoxy groups -OCH3 is 2. The molecule has 3 aromatic rings. The van der Waals surface area contributed by atoms with E-state index in [2.05, 4.69) is 5.32 Å². The molecule has 1 atom stereocenters. The average Bonchev–Trinajstić information content (AvgIpc) is 2.86. The number of para-hydroxylation sites is 1. The molecule has 1 unspecified atom stereocenters. The largest absolute Gasteiger partial charge is 0.496 e. The Kier molecular flexibility index (Phi) is 6.87. The molecule has 8 nitrogen and oxygen atoms in total. The van der Waals surface area contributed by atoms with Crippen LogP contribution >= 0.6 is 0 Å². The molecule has 0 radical (unpaired) electrons. The van der Waals surface area contributed by atoms with E-state index in [-0.39, 0.29) is 17.4 Å². The number of ether oxygens (including phenoxy) is 4. The summed E-state index contributed by atoms with van der Waals surface area (Å²) in [5.41, 5.74) is 1.42. The second kappa shape index (κ2) is 10.2. The van der Waals surface area contributed by atoms with Crippen LogP contribution in [-0.4, -0.2) is 45.3 Å². The minimum absolute atomic E-state index is 0.153. The minimum atomic E-state index is -0.663. The predicted octanol–water partition coefficient (Wildman–Crippen LogP) is 4.15. The summed E-state index contributed by atoms with van der Waals surface area (Å²) in [5.74, 6) is 1.49. The first-order chi connectivity index (χ1) is 16.5. The summed E-state index contributed by atoms with van der Waals surface area (Å²) in [6.07, 6.45) is -0.663. The Morgan fingerprint density at radius 3 is 2.38 bits per heavy atom. The Morgan fingerprint density at radius 1 is 1.00 bits per heavy atom. The van der Waals surface area contributed by atoms with Crippen molar-refractivity contribution in [2.45, 2.75) is 13.0 Å². The van der Waals surface area contributed by atoms with E-state index < -0.39 is 6.10 Å². The summed E-state index contributed by atoms with van der Waals surface area (Å²) in [6, 6.07) is 19.7. The molecule has 34 heavy (non-hydrogen) atoms. The maximum atomic E-state index is 13.0. The zero-order valence-electron chi connectivity index (χ0n) is 19.2. The second-order valence-electron chi connectivity index (χ2n) is 7.59. The van der Waals surface area contributed by atoms with Gasteiger partial charge in [0.1, 0.15) is 35.2 Å². The number of nitrogens with zero attached hydrogens (tertiary/aromatic N) is 1. The van der Waals surface area contributed by atoms with Crippen molar-refractivity contribution in [3.8, 4) is 23.0 Å². The molecule has 0 aliphatic carbocycles. The fraction of sp³-hybridized carbons (Fsp3) is 0.231. The van der Waals surface area contributed by atoms with E-state index in [1.807, 2.05) is 30.3 Å². The number of hydrogen-bond acceptors (Lipinski definition) is 6. The molecule has 0 spiro atoms. The number of amides is 2. The van der Waals surface area contributed by atoms with Gasteiger partial charge in [0.15, 0.2) is 6.10 Å². The Hall–Kier alpha value is -4.20. The van der Waals surface area contributed by atoms with E-state index in [0.29, 0.717) is 41.8 Å². The van der Waals surface area contributed by atoms with Gasteiger partial charge in [-0.1, -0.05) is 24.3 Å². The molecule has 0 saturated carbocycles. The van der Waals surface area contributed by atoms with Crippen LogP contribution < -0.4 is 29.2 Å². The molecule has 1 aliphatic heterocycles. The molecular formula is C26H26N2O6. The molecular weight excluding hydrogens is 436 g/mol. The van der Waals surface area contributed by atoms with Crippen LogP contribution in [0.5, 0.6) is 23.0 Å². The van der Waals surface area contributed by atoms with Crippen molar-refractivity contribution >= 4 is 23.2 Å². The SMILES string of the molecule is COc1cccc(OC)c1C(=O)Nc1ccc2c(c1)OC(C)C(=O)N2CCOc1ccccc1. The first-order valence-corrected chi connectivity index (χ1v) is 10.8. The van der Waals surface area contributed by atoms with Crippen molar-refractivity contribution in [2.24, 2.45) is 0 Å². The lowest BCUT2D eigenvalue weighted by Crippen LogP contribution is -2.46. The molecule has 0 bridgehead atoms. The number of hydrogen-bond donors (Lipinski definition) is 1. The maximum absolute atomic E-state index is 13.0. The molecule has 1 aliphatic rings. The number of rotatable bonds is 8. The third-order valence-corrected chi connectivity index (χ3v) is 5.41. The van der Waals surface area contributed by atoms with E-state index in [4.69, 9.17) is 18.9 Å². The molecule has 8 heteroatoms. The van der Waals surface area contributed by atoms with Crippen LogP contribution in [0.2, 0.25) is 0 Å². The van der Waals surface area contributed by atoms with Gasteiger partial charge in [-0.3, -0.25) is 9.59 Å². The predicted molar refractivity (Wildman–Crippen MR) is 128 cm³/mol. The minimum Gasteiger partial charge on any atom is -0.496 e. The fourth-order valence-electron chi connectivity index (χ4n) is 3.76. The van der Waals surface area contributed by atoms with Crippen LogP contribution in [0, 0.1) is 0 Å². The molecule has 2 amide bonds. The van der Waals surface area contributed by atoms with Crippen molar-refractivity contribution in [3.63, 3.8) is 0 Å². The Morgan fingerprint density at radius 2 is 1.71 bits per heavy atom. The zero-order chi connectivity index (χ0) is 24.1. The van der Waals surface area contributed by atoms with Crippen LogP contribution in [0.4, 0.5) is 11.4 Å². The molecule has 1 N–H and O–H groups in total. The summed E-state index contributed by atoms with van der Waals surface area (Å²) in [4.78, 5) is 27.4. The monoisotopic (exact) mass is 462 g/mol. The number of nitrogens with one attached hydrogen (secondary N) is 1. The zero-order valence-corrected chi connectivity index (χ0v) is 19.2. The van der Waals surface area contributed by atoms with Gasteiger partial charge >= 0.3 is 0 Å². The normalized spacial score (nSPS) is 14.6. The molecule has 1 heterocycles. The number of anilines is 2. The lowest BCUT2D eigenvalue weighted by molar-refractivity contribution is -0.125. The van der Waals surface area contributed by atoms with Crippen LogP contribution in [0.3, 0.4) is 0 Å². The van der Waals surface area contributed by atoms with E-state index in [0.717, 1.165) is 5.75 Å². The molecule has 3 aromatic carbocycles. The Bertz CT molecular complexity index is 1160. The smallest absolute Gasteiger partial charge is 0.267 e. The fourth-order valence-corrected chi connectivity index (χ4v) is 3.76. The second-order valence-corrected chi connectivity index (χ2v) is 7.59. The quantitative estimate of drug-likeness (QED) is 0.541. The van der Waals surface area contributed by atoms with E-state index in [1.165, 1.54) is 14.2 Å². The molecule has 0 fully saturated rings. The van der Waals surface area contributed by atoms with Crippen molar-refractivity contribution < 1.29 is 28.5 Å². The van der Waals surface area contributed by atoms with Crippen LogP contribution in [-0.2, 0) is 4.79 Å². The molecule has 0 aromatic heterocycles. The summed E-state index contributed by atoms with van der Waals surface area (Å²) >= 11 is 0. The highest BCUT2D eigenvalue weighted by molar-refractivity contribution is 6.08. The molecule has 0 saturated heterocycles. The number of carbonyl (C=O) groups excluding carboxylic acids is 2. The van der Waals surface area contributed by atoms with Gasteiger partial charge in [0.05, 0.1) is 26.5 Å². The maximum Gasteiger partial charge on any atom is 0.267 e. The van der Waals surface area contributed by atoms with Gasteiger partial charge in [0, 0.05) is 11.8 Å². The molecule has 176 valence electrons. The first kappa shape index (κ1) is 23.0. The van der Waals surface area contributed by atoms with Gasteiger partial charge in [-0.2, -0.15) is 0 Å². The van der Waals surface area contributed by atoms with Gasteiger partial charge in [-0.05, 0) is 43.3 Å². The highest BCUT2D eigenvalue weighted by atomic mass is 16.5. The third-order valence-electron chi connectivity index (χ3n) is 5.41. The lowest BCUT2D eigenvalue weighted by Gasteiger charge is -2.33. The Balaban J connectivity index is 1.52. The van der Waals surface area contributed by atoms with Crippen LogP contribution in [0.15, 0.2) is 66.7 Å². The number of benzene rings is 3. The highest BCUT2D eigenvalue weighted by Crippen LogP contribution is 2.37. The highest BCUT2D eigenvalue weighted by Gasteiger charge is 2.31. The summed E-state index contributed by atoms with van der Waals surface area (Å²) < 4.78 is 22.2. The first-order valence-electron chi connectivity index (χ1n) is 10.8. The van der Waals surface area contributed by atoms with Crippen molar-refractivity contribution in [1.29, 1.82) is 0 Å². The average molecular weight is 463 g/mol. The van der Waals surface area contributed by atoms with Crippen molar-refractivity contribution in [3.05, 3.63) is 72.3 Å². The Labute approximate surface area is 198 Å². The summed E-state index contributed by atoms with van der Waals surface area (Å²) in [7, 11) is 2.99.